The summed E-state index contributed by atoms with van der Waals surface area (Å²) in [5.41, 5.74) is 1.30. The maximum absolute atomic E-state index is 13.3. The lowest BCUT2D eigenvalue weighted by Gasteiger charge is -2.40. The maximum Gasteiger partial charge on any atom is 0.123 e. The van der Waals surface area contributed by atoms with Gasteiger partial charge in [0.25, 0.3) is 0 Å². The Hall–Kier alpha value is -1.11. The third kappa shape index (κ3) is 4.99. The molecule has 1 atom stereocenters. The first-order valence-corrected chi connectivity index (χ1v) is 11.1. The van der Waals surface area contributed by atoms with E-state index in [4.69, 9.17) is 0 Å². The van der Waals surface area contributed by atoms with Crippen LogP contribution >= 0.6 is 0 Å². The lowest BCUT2D eigenvalue weighted by Crippen LogP contribution is -2.27. The molecule has 1 unspecified atom stereocenters. The van der Waals surface area contributed by atoms with E-state index >= 15 is 0 Å². The monoisotopic (exact) mass is 356 g/mol. The van der Waals surface area contributed by atoms with Gasteiger partial charge in [-0.2, -0.15) is 0 Å². The van der Waals surface area contributed by atoms with Gasteiger partial charge in [-0.05, 0) is 92.2 Å². The minimum Gasteiger partial charge on any atom is -0.207 e. The van der Waals surface area contributed by atoms with Crippen LogP contribution in [-0.4, -0.2) is 0 Å². The van der Waals surface area contributed by atoms with Crippen molar-refractivity contribution in [1.29, 1.82) is 0 Å². The van der Waals surface area contributed by atoms with E-state index < -0.39 is 0 Å². The number of hydrogen-bond donors (Lipinski definition) is 0. The Morgan fingerprint density at radius 3 is 2.08 bits per heavy atom. The van der Waals surface area contributed by atoms with Crippen LogP contribution in [-0.2, 0) is 0 Å². The summed E-state index contributed by atoms with van der Waals surface area (Å²) in [6.07, 6.45) is 17.3. The Balaban J connectivity index is 1.53. The average Bonchev–Trinajstić information content (AvgIpc) is 2.68. The van der Waals surface area contributed by atoms with Gasteiger partial charge in [0.05, 0.1) is 0 Å². The molecule has 0 aliphatic heterocycles. The summed E-state index contributed by atoms with van der Waals surface area (Å²) in [4.78, 5) is 0. The van der Waals surface area contributed by atoms with E-state index in [2.05, 4.69) is 19.6 Å². The topological polar surface area (TPSA) is 0 Å². The molecule has 0 saturated heterocycles. The Labute approximate surface area is 160 Å². The van der Waals surface area contributed by atoms with Crippen LogP contribution in [0.5, 0.6) is 0 Å². The zero-order valence-electron chi connectivity index (χ0n) is 16.6. The normalized spacial score (nSPS) is 30.7. The molecule has 0 spiro atoms. The summed E-state index contributed by atoms with van der Waals surface area (Å²) in [6, 6.07) is 7.22. The van der Waals surface area contributed by atoms with Crippen molar-refractivity contribution in [3.05, 3.63) is 48.3 Å². The molecule has 0 radical (unpaired) electrons. The van der Waals surface area contributed by atoms with Gasteiger partial charge < -0.3 is 0 Å². The third-order valence-electron chi connectivity index (χ3n) is 7.36. The minimum absolute atomic E-state index is 0.131. The molecule has 0 heterocycles. The van der Waals surface area contributed by atoms with Crippen molar-refractivity contribution in [3.8, 4) is 0 Å². The lowest BCUT2D eigenvalue weighted by atomic mass is 9.66. The quantitative estimate of drug-likeness (QED) is 0.435. The standard InChI is InChI=1S/C25H37F/c1-3-5-19-7-9-20(10-8-19)21-11-13-22(14-12-21)25(6-4-2)23-15-17-24(26)18-16-23/h4,15-22,25H,2-3,5-14H2,1H3. The van der Waals surface area contributed by atoms with Crippen LogP contribution in [0.2, 0.25) is 0 Å². The molecule has 144 valence electrons. The fraction of sp³-hybridized carbons (Fsp3) is 0.680. The van der Waals surface area contributed by atoms with Crippen LogP contribution in [0.3, 0.4) is 0 Å². The zero-order valence-corrected chi connectivity index (χ0v) is 16.6. The van der Waals surface area contributed by atoms with Crippen LogP contribution in [0.25, 0.3) is 0 Å². The van der Waals surface area contributed by atoms with Crippen molar-refractivity contribution in [2.45, 2.75) is 83.5 Å². The van der Waals surface area contributed by atoms with Gasteiger partial charge in [0.15, 0.2) is 0 Å². The fourth-order valence-corrected chi connectivity index (χ4v) is 5.87. The van der Waals surface area contributed by atoms with Crippen molar-refractivity contribution in [2.75, 3.05) is 0 Å². The highest BCUT2D eigenvalue weighted by Crippen LogP contribution is 2.46. The molecule has 1 heteroatoms. The highest BCUT2D eigenvalue weighted by Gasteiger charge is 2.33. The molecule has 0 amide bonds. The fourth-order valence-electron chi connectivity index (χ4n) is 5.87. The van der Waals surface area contributed by atoms with Crippen LogP contribution in [0.15, 0.2) is 36.9 Å². The van der Waals surface area contributed by atoms with Gasteiger partial charge in [-0.25, -0.2) is 4.39 Å². The van der Waals surface area contributed by atoms with E-state index in [0.717, 1.165) is 30.1 Å². The molecule has 26 heavy (non-hydrogen) atoms. The van der Waals surface area contributed by atoms with E-state index in [9.17, 15) is 4.39 Å². The largest absolute Gasteiger partial charge is 0.207 e. The van der Waals surface area contributed by atoms with Crippen molar-refractivity contribution < 1.29 is 4.39 Å². The van der Waals surface area contributed by atoms with Gasteiger partial charge in [-0.15, -0.1) is 6.58 Å². The van der Waals surface area contributed by atoms with Gasteiger partial charge >= 0.3 is 0 Å². The summed E-state index contributed by atoms with van der Waals surface area (Å²) in [5.74, 6) is 4.11. The molecule has 0 bridgehead atoms. The molecule has 2 aliphatic carbocycles. The highest BCUT2D eigenvalue weighted by molar-refractivity contribution is 5.22. The second kappa shape index (κ2) is 9.72. The van der Waals surface area contributed by atoms with Gasteiger partial charge in [0.1, 0.15) is 5.82 Å². The molecule has 3 rings (SSSR count). The van der Waals surface area contributed by atoms with Crippen molar-refractivity contribution in [2.24, 2.45) is 23.7 Å². The van der Waals surface area contributed by atoms with E-state index in [1.54, 1.807) is 12.1 Å². The van der Waals surface area contributed by atoms with Gasteiger partial charge in [0, 0.05) is 0 Å². The number of allylic oxidation sites excluding steroid dienone is 1. The number of benzene rings is 1. The van der Waals surface area contributed by atoms with Gasteiger partial charge in [-0.1, -0.05) is 50.8 Å². The molecule has 0 aromatic heterocycles. The second-order valence-corrected chi connectivity index (χ2v) is 8.93. The smallest absolute Gasteiger partial charge is 0.123 e. The molecule has 1 aromatic rings. The van der Waals surface area contributed by atoms with Crippen molar-refractivity contribution in [3.63, 3.8) is 0 Å². The Bertz CT molecular complexity index is 530. The van der Waals surface area contributed by atoms with Crippen LogP contribution in [0, 0.1) is 29.5 Å². The maximum atomic E-state index is 13.3. The lowest BCUT2D eigenvalue weighted by molar-refractivity contribution is 0.135. The first kappa shape index (κ1) is 19.6. The van der Waals surface area contributed by atoms with Gasteiger partial charge in [-0.3, -0.25) is 0 Å². The summed E-state index contributed by atoms with van der Waals surface area (Å²) < 4.78 is 13.3. The SMILES string of the molecule is C=CCC(c1ccc(F)cc1)C1CCC(C2CCC(CCC)CC2)CC1. The first-order valence-electron chi connectivity index (χ1n) is 11.1. The van der Waals surface area contributed by atoms with Crippen LogP contribution < -0.4 is 0 Å². The third-order valence-corrected chi connectivity index (χ3v) is 7.36. The van der Waals surface area contributed by atoms with E-state index in [1.165, 1.54) is 69.8 Å². The zero-order chi connectivity index (χ0) is 18.4. The second-order valence-electron chi connectivity index (χ2n) is 8.93. The number of hydrogen-bond acceptors (Lipinski definition) is 0. The molecule has 2 aliphatic rings. The van der Waals surface area contributed by atoms with Gasteiger partial charge in [0.2, 0.25) is 0 Å². The predicted octanol–water partition coefficient (Wildman–Crippen LogP) is 7.90. The molecule has 0 N–H and O–H groups in total. The molecule has 0 nitrogen and oxygen atoms in total. The van der Waals surface area contributed by atoms with Crippen LogP contribution in [0.4, 0.5) is 4.39 Å². The van der Waals surface area contributed by atoms with Crippen molar-refractivity contribution in [1.82, 2.24) is 0 Å². The summed E-state index contributed by atoms with van der Waals surface area (Å²) in [7, 11) is 0. The molecule has 1 aromatic carbocycles. The Morgan fingerprint density at radius 2 is 1.54 bits per heavy atom. The number of halogens is 1. The van der Waals surface area contributed by atoms with Crippen LogP contribution in [0.1, 0.15) is 89.0 Å². The Kier molecular flexibility index (Phi) is 7.34. The summed E-state index contributed by atoms with van der Waals surface area (Å²) in [6.45, 7) is 6.30. The first-order chi connectivity index (χ1) is 12.7. The Morgan fingerprint density at radius 1 is 0.962 bits per heavy atom. The summed E-state index contributed by atoms with van der Waals surface area (Å²) >= 11 is 0. The van der Waals surface area contributed by atoms with E-state index in [1.807, 2.05) is 12.1 Å². The van der Waals surface area contributed by atoms with Crippen molar-refractivity contribution >= 4 is 0 Å². The van der Waals surface area contributed by atoms with E-state index in [-0.39, 0.29) is 5.82 Å². The molecule has 2 fully saturated rings. The average molecular weight is 357 g/mol. The summed E-state index contributed by atoms with van der Waals surface area (Å²) in [5, 5.41) is 0. The predicted molar refractivity (Wildman–Crippen MR) is 110 cm³/mol. The molecular formula is C25H37F. The molecular weight excluding hydrogens is 319 g/mol. The van der Waals surface area contributed by atoms with E-state index in [0.29, 0.717) is 5.92 Å². The number of rotatable bonds is 7. The highest BCUT2D eigenvalue weighted by atomic mass is 19.1. The molecule has 2 saturated carbocycles. The minimum atomic E-state index is -0.131.